The molecule has 18 heavy (non-hydrogen) atoms. The molecule has 0 fully saturated rings. The number of hydrogen-bond acceptors (Lipinski definition) is 3. The van der Waals surface area contributed by atoms with Gasteiger partial charge in [-0.1, -0.05) is 0 Å². The van der Waals surface area contributed by atoms with Crippen molar-refractivity contribution in [3.05, 3.63) is 23.8 Å². The summed E-state index contributed by atoms with van der Waals surface area (Å²) in [4.78, 5) is 5.82. The minimum atomic E-state index is -4.36. The number of aliphatic imine (C=N–C) groups is 1. The lowest BCUT2D eigenvalue weighted by atomic mass is 10.1. The number of anilines is 1. The van der Waals surface area contributed by atoms with Crippen molar-refractivity contribution in [2.75, 3.05) is 24.6 Å². The van der Waals surface area contributed by atoms with Crippen molar-refractivity contribution >= 4 is 12.0 Å². The smallest absolute Gasteiger partial charge is 0.416 e. The summed E-state index contributed by atoms with van der Waals surface area (Å²) in [6, 6.07) is 3.51. The average molecular weight is 258 g/mol. The summed E-state index contributed by atoms with van der Waals surface area (Å²) in [6.07, 6.45) is -2.74. The molecule has 0 N–H and O–H groups in total. The van der Waals surface area contributed by atoms with Crippen molar-refractivity contribution in [3.63, 3.8) is 0 Å². The second-order valence-corrected chi connectivity index (χ2v) is 3.83. The van der Waals surface area contributed by atoms with E-state index in [2.05, 4.69) is 4.99 Å². The highest BCUT2D eigenvalue weighted by molar-refractivity contribution is 5.83. The van der Waals surface area contributed by atoms with Gasteiger partial charge in [0, 0.05) is 6.54 Å². The molecule has 98 valence electrons. The lowest BCUT2D eigenvalue weighted by Crippen LogP contribution is -2.19. The Hall–Kier alpha value is -1.72. The van der Waals surface area contributed by atoms with E-state index >= 15 is 0 Å². The third kappa shape index (κ3) is 2.57. The molecule has 0 unspecified atom stereocenters. The van der Waals surface area contributed by atoms with Crippen LogP contribution in [-0.4, -0.2) is 26.0 Å². The Morgan fingerprint density at radius 3 is 2.72 bits per heavy atom. The molecule has 0 spiro atoms. The maximum Gasteiger partial charge on any atom is 0.416 e. The van der Waals surface area contributed by atoms with Crippen molar-refractivity contribution in [1.29, 1.82) is 0 Å². The van der Waals surface area contributed by atoms with E-state index < -0.39 is 11.7 Å². The van der Waals surface area contributed by atoms with Crippen LogP contribution in [0.5, 0.6) is 5.75 Å². The van der Waals surface area contributed by atoms with Gasteiger partial charge in [0.2, 0.25) is 0 Å². The number of alkyl halides is 3. The molecule has 0 saturated carbocycles. The molecule has 1 aliphatic rings. The lowest BCUT2D eigenvalue weighted by Gasteiger charge is -2.19. The van der Waals surface area contributed by atoms with Crippen molar-refractivity contribution in [2.45, 2.75) is 13.1 Å². The number of halogens is 3. The highest BCUT2D eigenvalue weighted by Gasteiger charge is 2.31. The molecule has 0 aromatic heterocycles. The Bertz CT molecular complexity index is 457. The molecule has 6 heteroatoms. The molecule has 0 radical (unpaired) electrons. The van der Waals surface area contributed by atoms with Gasteiger partial charge in [-0.05, 0) is 25.1 Å². The maximum atomic E-state index is 12.6. The summed E-state index contributed by atoms with van der Waals surface area (Å²) >= 11 is 0. The standard InChI is InChI=1S/C12H13F3N2O/c1-2-18-11-7-9(12(13,14)15)3-4-10(11)17-6-5-16-8-17/h3-4,7-8H,2,5-6H2,1H3. The number of hydrogen-bond donors (Lipinski definition) is 0. The van der Waals surface area contributed by atoms with Gasteiger partial charge in [-0.3, -0.25) is 4.99 Å². The molecular weight excluding hydrogens is 245 g/mol. The van der Waals surface area contributed by atoms with Gasteiger partial charge < -0.3 is 9.64 Å². The lowest BCUT2D eigenvalue weighted by molar-refractivity contribution is -0.137. The van der Waals surface area contributed by atoms with Crippen LogP contribution in [-0.2, 0) is 6.18 Å². The molecule has 0 amide bonds. The minimum absolute atomic E-state index is 0.237. The number of ether oxygens (including phenoxy) is 1. The first-order chi connectivity index (χ1) is 8.52. The Labute approximate surface area is 103 Å². The second-order valence-electron chi connectivity index (χ2n) is 3.83. The van der Waals surface area contributed by atoms with E-state index in [1.54, 1.807) is 18.2 Å². The zero-order chi connectivity index (χ0) is 13.2. The molecule has 0 saturated heterocycles. The van der Waals surface area contributed by atoms with E-state index in [1.807, 2.05) is 0 Å². The fourth-order valence-electron chi connectivity index (χ4n) is 1.76. The monoisotopic (exact) mass is 258 g/mol. The van der Waals surface area contributed by atoms with E-state index in [4.69, 9.17) is 4.74 Å². The Kier molecular flexibility index (Phi) is 3.45. The number of benzene rings is 1. The first kappa shape index (κ1) is 12.7. The van der Waals surface area contributed by atoms with Gasteiger partial charge in [-0.15, -0.1) is 0 Å². The molecule has 0 bridgehead atoms. The van der Waals surface area contributed by atoms with Crippen LogP contribution in [0.4, 0.5) is 18.9 Å². The first-order valence-corrected chi connectivity index (χ1v) is 5.63. The van der Waals surface area contributed by atoms with Gasteiger partial charge in [-0.2, -0.15) is 13.2 Å². The summed E-state index contributed by atoms with van der Waals surface area (Å²) in [5.41, 5.74) is -0.0862. The third-order valence-corrected chi connectivity index (χ3v) is 2.59. The summed E-state index contributed by atoms with van der Waals surface area (Å²) in [7, 11) is 0. The predicted molar refractivity (Wildman–Crippen MR) is 63.3 cm³/mol. The second kappa shape index (κ2) is 4.88. The van der Waals surface area contributed by atoms with Gasteiger partial charge in [0.05, 0.1) is 30.7 Å². The van der Waals surface area contributed by atoms with Crippen LogP contribution in [0, 0.1) is 0 Å². The largest absolute Gasteiger partial charge is 0.492 e. The molecule has 0 atom stereocenters. The number of nitrogens with zero attached hydrogens (tertiary/aromatic N) is 2. The Balaban J connectivity index is 2.37. The molecule has 3 nitrogen and oxygen atoms in total. The van der Waals surface area contributed by atoms with Crippen molar-refractivity contribution in [3.8, 4) is 5.75 Å². The maximum absolute atomic E-state index is 12.6. The third-order valence-electron chi connectivity index (χ3n) is 2.59. The highest BCUT2D eigenvalue weighted by atomic mass is 19.4. The molecule has 1 aliphatic heterocycles. The van der Waals surface area contributed by atoms with Crippen LogP contribution in [0.3, 0.4) is 0 Å². The Morgan fingerprint density at radius 1 is 1.39 bits per heavy atom. The fraction of sp³-hybridized carbons (Fsp3) is 0.417. The van der Waals surface area contributed by atoms with Crippen molar-refractivity contribution in [2.24, 2.45) is 4.99 Å². The van der Waals surface area contributed by atoms with Crippen LogP contribution in [0.2, 0.25) is 0 Å². The van der Waals surface area contributed by atoms with Crippen molar-refractivity contribution < 1.29 is 17.9 Å². The molecule has 1 aromatic rings. The molecule has 1 aromatic carbocycles. The summed E-state index contributed by atoms with van der Waals surface area (Å²) in [6.45, 7) is 3.36. The number of rotatable bonds is 3. The Morgan fingerprint density at radius 2 is 2.17 bits per heavy atom. The van der Waals surface area contributed by atoms with E-state index in [0.717, 1.165) is 12.1 Å². The van der Waals surface area contributed by atoms with Crippen molar-refractivity contribution in [1.82, 2.24) is 0 Å². The van der Waals surface area contributed by atoms with Crippen LogP contribution < -0.4 is 9.64 Å². The zero-order valence-corrected chi connectivity index (χ0v) is 9.87. The van der Waals surface area contributed by atoms with Gasteiger partial charge in [0.15, 0.2) is 0 Å². The molecular formula is C12H13F3N2O. The van der Waals surface area contributed by atoms with Gasteiger partial charge in [-0.25, -0.2) is 0 Å². The quantitative estimate of drug-likeness (QED) is 0.832. The summed E-state index contributed by atoms with van der Waals surface area (Å²) in [5.74, 6) is 0.237. The normalized spacial score (nSPS) is 15.2. The van der Waals surface area contributed by atoms with Crippen LogP contribution >= 0.6 is 0 Å². The summed E-state index contributed by atoms with van der Waals surface area (Å²) < 4.78 is 43.1. The van der Waals surface area contributed by atoms with E-state index in [0.29, 0.717) is 25.4 Å². The van der Waals surface area contributed by atoms with Crippen LogP contribution in [0.25, 0.3) is 0 Å². The highest BCUT2D eigenvalue weighted by Crippen LogP contribution is 2.36. The van der Waals surface area contributed by atoms with E-state index in [-0.39, 0.29) is 5.75 Å². The van der Waals surface area contributed by atoms with Gasteiger partial charge in [0.1, 0.15) is 5.75 Å². The average Bonchev–Trinajstić information content (AvgIpc) is 2.81. The molecule has 2 rings (SSSR count). The predicted octanol–water partition coefficient (Wildman–Crippen LogP) is 2.95. The summed E-state index contributed by atoms with van der Waals surface area (Å²) in [5, 5.41) is 0. The van der Waals surface area contributed by atoms with Crippen LogP contribution in [0.1, 0.15) is 12.5 Å². The molecule has 1 heterocycles. The molecule has 0 aliphatic carbocycles. The van der Waals surface area contributed by atoms with Gasteiger partial charge >= 0.3 is 6.18 Å². The zero-order valence-electron chi connectivity index (χ0n) is 9.87. The topological polar surface area (TPSA) is 24.8 Å². The van der Waals surface area contributed by atoms with E-state index in [9.17, 15) is 13.2 Å². The first-order valence-electron chi connectivity index (χ1n) is 5.63. The SMILES string of the molecule is CCOc1cc(C(F)(F)F)ccc1N1C=NCC1. The van der Waals surface area contributed by atoms with Crippen LogP contribution in [0.15, 0.2) is 23.2 Å². The minimum Gasteiger partial charge on any atom is -0.492 e. The van der Waals surface area contributed by atoms with E-state index in [1.165, 1.54) is 6.07 Å². The fourth-order valence-corrected chi connectivity index (χ4v) is 1.76. The van der Waals surface area contributed by atoms with Gasteiger partial charge in [0.25, 0.3) is 0 Å².